The van der Waals surface area contributed by atoms with Gasteiger partial charge in [0.05, 0.1) is 24.3 Å². The molecule has 5 nitrogen and oxygen atoms in total. The van der Waals surface area contributed by atoms with Crippen LogP contribution in [0.4, 0.5) is 0 Å². The summed E-state index contributed by atoms with van der Waals surface area (Å²) in [6.45, 7) is 2.64. The molecule has 3 aromatic rings. The Kier molecular flexibility index (Phi) is 4.67. The Bertz CT molecular complexity index is 963. The molecule has 4 rings (SSSR count). The molecule has 27 heavy (non-hydrogen) atoms. The van der Waals surface area contributed by atoms with Crippen molar-refractivity contribution in [2.75, 3.05) is 0 Å². The molecule has 1 heterocycles. The van der Waals surface area contributed by atoms with E-state index >= 15 is 0 Å². The fraction of sp³-hybridized carbons (Fsp3) is 0.273. The summed E-state index contributed by atoms with van der Waals surface area (Å²) < 4.78 is 2.03. The van der Waals surface area contributed by atoms with Gasteiger partial charge in [-0.05, 0) is 43.9 Å². The van der Waals surface area contributed by atoms with Gasteiger partial charge in [0.1, 0.15) is 5.75 Å². The number of benzene rings is 2. The molecule has 0 saturated carbocycles. The van der Waals surface area contributed by atoms with E-state index in [1.165, 1.54) is 11.3 Å². The monoisotopic (exact) mass is 361 g/mol. The Morgan fingerprint density at radius 3 is 2.89 bits per heavy atom. The molecule has 0 bridgehead atoms. The van der Waals surface area contributed by atoms with Crippen LogP contribution in [0.5, 0.6) is 5.75 Å². The van der Waals surface area contributed by atoms with Gasteiger partial charge < -0.3 is 10.4 Å². The lowest BCUT2D eigenvalue weighted by Crippen LogP contribution is -2.31. The molecule has 1 amide bonds. The molecule has 2 N–H and O–H groups in total. The highest BCUT2D eigenvalue weighted by Crippen LogP contribution is 2.31. The summed E-state index contributed by atoms with van der Waals surface area (Å²) in [5.74, 6) is -0.237. The summed E-state index contributed by atoms with van der Waals surface area (Å²) in [6.07, 6.45) is 4.71. The molecule has 0 aliphatic heterocycles. The molecule has 1 aliphatic carbocycles. The highest BCUT2D eigenvalue weighted by atomic mass is 16.3. The van der Waals surface area contributed by atoms with E-state index in [4.69, 9.17) is 0 Å². The number of hydrogen-bond donors (Lipinski definition) is 2. The average Bonchev–Trinajstić information content (AvgIpc) is 3.08. The van der Waals surface area contributed by atoms with Crippen LogP contribution >= 0.6 is 0 Å². The van der Waals surface area contributed by atoms with Gasteiger partial charge in [0.25, 0.3) is 5.91 Å². The molecule has 2 aromatic carbocycles. The number of hydrogen-bond acceptors (Lipinski definition) is 3. The zero-order chi connectivity index (χ0) is 18.8. The van der Waals surface area contributed by atoms with Gasteiger partial charge in [0, 0.05) is 11.3 Å². The summed E-state index contributed by atoms with van der Waals surface area (Å²) >= 11 is 0. The molecular weight excluding hydrogens is 338 g/mol. The SMILES string of the molecule is Cc1ccc(O)c(C(=O)NC2CCCc3c2cnn3Cc2ccccc2)c1. The zero-order valence-electron chi connectivity index (χ0n) is 15.4. The van der Waals surface area contributed by atoms with Crippen LogP contribution in [0.1, 0.15) is 51.6 Å². The summed E-state index contributed by atoms with van der Waals surface area (Å²) in [7, 11) is 0. The third kappa shape index (κ3) is 3.58. The first-order valence-electron chi connectivity index (χ1n) is 9.31. The maximum Gasteiger partial charge on any atom is 0.255 e. The van der Waals surface area contributed by atoms with Gasteiger partial charge in [0.15, 0.2) is 0 Å². The molecule has 1 aromatic heterocycles. The minimum atomic E-state index is -0.246. The molecule has 0 fully saturated rings. The fourth-order valence-electron chi connectivity index (χ4n) is 3.73. The van der Waals surface area contributed by atoms with Crippen LogP contribution in [0.3, 0.4) is 0 Å². The van der Waals surface area contributed by atoms with Gasteiger partial charge in [-0.15, -0.1) is 0 Å². The van der Waals surface area contributed by atoms with Crippen molar-refractivity contribution in [3.05, 3.63) is 82.7 Å². The number of rotatable bonds is 4. The minimum absolute atomic E-state index is 0.00825. The Morgan fingerprint density at radius 2 is 2.07 bits per heavy atom. The number of aryl methyl sites for hydroxylation is 1. The first kappa shape index (κ1) is 17.3. The third-order valence-electron chi connectivity index (χ3n) is 5.14. The summed E-state index contributed by atoms with van der Waals surface area (Å²) in [5, 5.41) is 17.7. The molecule has 138 valence electrons. The van der Waals surface area contributed by atoms with E-state index in [0.29, 0.717) is 5.56 Å². The van der Waals surface area contributed by atoms with Crippen molar-refractivity contribution in [2.45, 2.75) is 38.8 Å². The third-order valence-corrected chi connectivity index (χ3v) is 5.14. The fourth-order valence-corrected chi connectivity index (χ4v) is 3.73. The number of nitrogens with zero attached hydrogens (tertiary/aromatic N) is 2. The van der Waals surface area contributed by atoms with E-state index in [1.807, 2.05) is 36.0 Å². The van der Waals surface area contributed by atoms with Crippen LogP contribution in [0.25, 0.3) is 0 Å². The topological polar surface area (TPSA) is 67.2 Å². The molecule has 0 radical (unpaired) electrons. The number of fused-ring (bicyclic) bond motifs is 1. The summed E-state index contributed by atoms with van der Waals surface area (Å²) in [5.41, 5.74) is 4.73. The van der Waals surface area contributed by atoms with Crippen molar-refractivity contribution in [1.29, 1.82) is 0 Å². The minimum Gasteiger partial charge on any atom is -0.507 e. The number of nitrogens with one attached hydrogen (secondary N) is 1. The number of phenolic OH excluding ortho intramolecular Hbond substituents is 1. The quantitative estimate of drug-likeness (QED) is 0.744. The van der Waals surface area contributed by atoms with Crippen LogP contribution < -0.4 is 5.32 Å². The van der Waals surface area contributed by atoms with Crippen molar-refractivity contribution in [3.63, 3.8) is 0 Å². The van der Waals surface area contributed by atoms with Gasteiger partial charge in [-0.25, -0.2) is 0 Å². The number of amides is 1. The predicted octanol–water partition coefficient (Wildman–Crippen LogP) is 3.75. The smallest absolute Gasteiger partial charge is 0.255 e. The first-order valence-corrected chi connectivity index (χ1v) is 9.31. The molecule has 0 saturated heterocycles. The average molecular weight is 361 g/mol. The standard InChI is InChI=1S/C22H23N3O2/c1-15-10-11-21(26)17(12-15)22(27)24-19-8-5-9-20-18(19)13-23-25(20)14-16-6-3-2-4-7-16/h2-4,6-7,10-13,19,26H,5,8-9,14H2,1H3,(H,24,27). The maximum absolute atomic E-state index is 12.7. The lowest BCUT2D eigenvalue weighted by Gasteiger charge is -2.24. The molecular formula is C22H23N3O2. The van der Waals surface area contributed by atoms with E-state index in [1.54, 1.807) is 18.2 Å². The van der Waals surface area contributed by atoms with E-state index < -0.39 is 0 Å². The van der Waals surface area contributed by atoms with E-state index in [-0.39, 0.29) is 17.7 Å². The van der Waals surface area contributed by atoms with E-state index in [2.05, 4.69) is 22.5 Å². The van der Waals surface area contributed by atoms with Crippen molar-refractivity contribution >= 4 is 5.91 Å². The largest absolute Gasteiger partial charge is 0.507 e. The second kappa shape index (κ2) is 7.27. The van der Waals surface area contributed by atoms with Crippen molar-refractivity contribution in [3.8, 4) is 5.75 Å². The molecule has 1 aliphatic rings. The molecule has 1 atom stereocenters. The van der Waals surface area contributed by atoms with E-state index in [9.17, 15) is 9.90 Å². The van der Waals surface area contributed by atoms with Gasteiger partial charge >= 0.3 is 0 Å². The first-order chi connectivity index (χ1) is 13.1. The Hall–Kier alpha value is -3.08. The maximum atomic E-state index is 12.7. The van der Waals surface area contributed by atoms with Crippen molar-refractivity contribution in [1.82, 2.24) is 15.1 Å². The highest BCUT2D eigenvalue weighted by Gasteiger charge is 2.26. The predicted molar refractivity (Wildman–Crippen MR) is 104 cm³/mol. The van der Waals surface area contributed by atoms with Gasteiger partial charge in [0.2, 0.25) is 0 Å². The lowest BCUT2D eigenvalue weighted by molar-refractivity contribution is 0.0930. The number of aromatic nitrogens is 2. The highest BCUT2D eigenvalue weighted by molar-refractivity contribution is 5.97. The Balaban J connectivity index is 1.55. The molecule has 1 unspecified atom stereocenters. The van der Waals surface area contributed by atoms with Gasteiger partial charge in [-0.1, -0.05) is 42.0 Å². The van der Waals surface area contributed by atoms with Crippen molar-refractivity contribution in [2.24, 2.45) is 0 Å². The Morgan fingerprint density at radius 1 is 1.26 bits per heavy atom. The summed E-state index contributed by atoms with van der Waals surface area (Å²) in [6, 6.07) is 15.2. The number of carbonyl (C=O) groups is 1. The second-order valence-electron chi connectivity index (χ2n) is 7.13. The van der Waals surface area contributed by atoms with Crippen LogP contribution in [0.15, 0.2) is 54.7 Å². The molecule has 0 spiro atoms. The van der Waals surface area contributed by atoms with Crippen LogP contribution in [-0.4, -0.2) is 20.8 Å². The second-order valence-corrected chi connectivity index (χ2v) is 7.13. The number of aromatic hydroxyl groups is 1. The van der Waals surface area contributed by atoms with Gasteiger partial charge in [-0.3, -0.25) is 9.48 Å². The molecule has 5 heteroatoms. The van der Waals surface area contributed by atoms with Crippen LogP contribution in [-0.2, 0) is 13.0 Å². The zero-order valence-corrected chi connectivity index (χ0v) is 15.4. The normalized spacial score (nSPS) is 16.0. The Labute approximate surface area is 158 Å². The van der Waals surface area contributed by atoms with Gasteiger partial charge in [-0.2, -0.15) is 5.10 Å². The van der Waals surface area contributed by atoms with E-state index in [0.717, 1.165) is 36.9 Å². The van der Waals surface area contributed by atoms with Crippen molar-refractivity contribution < 1.29 is 9.90 Å². The lowest BCUT2D eigenvalue weighted by atomic mass is 9.92. The number of carbonyl (C=O) groups excluding carboxylic acids is 1. The number of phenols is 1. The summed E-state index contributed by atoms with van der Waals surface area (Å²) in [4.78, 5) is 12.7. The van der Waals surface area contributed by atoms with Crippen LogP contribution in [0.2, 0.25) is 0 Å². The van der Waals surface area contributed by atoms with Crippen LogP contribution in [0, 0.1) is 6.92 Å².